The zero-order valence-electron chi connectivity index (χ0n) is 9.33. The van der Waals surface area contributed by atoms with Crippen molar-refractivity contribution in [3.63, 3.8) is 0 Å². The summed E-state index contributed by atoms with van der Waals surface area (Å²) in [5.74, 6) is 0. The second kappa shape index (κ2) is 5.64. The molecule has 17 heavy (non-hydrogen) atoms. The maximum Gasteiger partial charge on any atom is 0.403 e. The van der Waals surface area contributed by atoms with E-state index >= 15 is 0 Å². The number of benzene rings is 1. The van der Waals surface area contributed by atoms with E-state index in [1.54, 1.807) is 19.1 Å². The fourth-order valence-corrected chi connectivity index (χ4v) is 2.88. The fourth-order valence-electron chi connectivity index (χ4n) is 1.45. The smallest absolute Gasteiger partial charge is 0.330 e. The summed E-state index contributed by atoms with van der Waals surface area (Å²) in [4.78, 5) is 0.195. The summed E-state index contributed by atoms with van der Waals surface area (Å²) in [6.07, 6.45) is -4.82. The van der Waals surface area contributed by atoms with Gasteiger partial charge in [-0.2, -0.15) is 13.2 Å². The Labute approximate surface area is 100 Å². The molecule has 0 radical (unpaired) electrons. The minimum Gasteiger partial charge on any atom is -0.330 e. The molecule has 0 saturated carbocycles. The van der Waals surface area contributed by atoms with Crippen LogP contribution >= 0.6 is 0 Å². The molecule has 0 heterocycles. The molecule has 1 rings (SSSR count). The van der Waals surface area contributed by atoms with Crippen molar-refractivity contribution in [3.8, 4) is 0 Å². The molecule has 2 N–H and O–H groups in total. The quantitative estimate of drug-likeness (QED) is 0.908. The lowest BCUT2D eigenvalue weighted by molar-refractivity contribution is -0.130. The summed E-state index contributed by atoms with van der Waals surface area (Å²) in [5.41, 5.74) is 5.92. The lowest BCUT2D eigenvalue weighted by Crippen LogP contribution is -2.35. The summed E-state index contributed by atoms with van der Waals surface area (Å²) in [6, 6.07) is 6.29. The topological polar surface area (TPSA) is 43.1 Å². The van der Waals surface area contributed by atoms with Gasteiger partial charge in [-0.15, -0.1) is 0 Å². The van der Waals surface area contributed by atoms with Crippen LogP contribution in [0.4, 0.5) is 13.2 Å². The van der Waals surface area contributed by atoms with Crippen LogP contribution in [0.3, 0.4) is 0 Å². The first-order valence-corrected chi connectivity index (χ1v) is 6.31. The van der Waals surface area contributed by atoms with E-state index in [-0.39, 0.29) is 17.9 Å². The molecular weight excluding hydrogens is 251 g/mol. The molecule has 2 nitrogen and oxygen atoms in total. The highest BCUT2D eigenvalue weighted by atomic mass is 32.2. The lowest BCUT2D eigenvalue weighted by atomic mass is 10.2. The van der Waals surface area contributed by atoms with E-state index in [0.717, 1.165) is 5.56 Å². The van der Waals surface area contributed by atoms with Gasteiger partial charge in [0.25, 0.3) is 0 Å². The summed E-state index contributed by atoms with van der Waals surface area (Å²) >= 11 is 0. The maximum absolute atomic E-state index is 12.7. The Balaban J connectivity index is 3.00. The van der Waals surface area contributed by atoms with Gasteiger partial charge < -0.3 is 5.73 Å². The number of rotatable bonds is 4. The van der Waals surface area contributed by atoms with Gasteiger partial charge >= 0.3 is 6.18 Å². The predicted octanol–water partition coefficient (Wildman–Crippen LogP) is 2.38. The molecular formula is C11H14F3NOS. The molecule has 6 heteroatoms. The van der Waals surface area contributed by atoms with Gasteiger partial charge in [0.1, 0.15) is 5.25 Å². The summed E-state index contributed by atoms with van der Waals surface area (Å²) in [6.45, 7) is 1.61. The molecule has 0 aliphatic heterocycles. The van der Waals surface area contributed by atoms with E-state index in [1.165, 1.54) is 12.1 Å². The molecule has 0 aromatic heterocycles. The Bertz CT molecular complexity index is 406. The van der Waals surface area contributed by atoms with Crippen LogP contribution in [-0.2, 0) is 10.8 Å². The molecule has 1 aromatic rings. The number of aryl methyl sites for hydroxylation is 1. The van der Waals surface area contributed by atoms with Crippen molar-refractivity contribution in [3.05, 3.63) is 29.8 Å². The van der Waals surface area contributed by atoms with E-state index < -0.39 is 22.2 Å². The molecule has 0 bridgehead atoms. The highest BCUT2D eigenvalue weighted by molar-refractivity contribution is 7.85. The highest BCUT2D eigenvalue weighted by Crippen LogP contribution is 2.29. The van der Waals surface area contributed by atoms with Gasteiger partial charge in [-0.25, -0.2) is 0 Å². The summed E-state index contributed by atoms with van der Waals surface area (Å²) in [5, 5.41) is -1.89. The Kier molecular flexibility index (Phi) is 4.70. The van der Waals surface area contributed by atoms with Crippen LogP contribution in [-0.4, -0.2) is 22.2 Å². The van der Waals surface area contributed by atoms with Gasteiger partial charge in [-0.05, 0) is 37.6 Å². The molecule has 1 aromatic carbocycles. The number of hydrogen-bond donors (Lipinski definition) is 1. The Morgan fingerprint density at radius 2 is 2.06 bits per heavy atom. The standard InChI is InChI=1S/C11H14F3NOS/c1-8-3-2-4-9(7-8)17(16)10(5-6-15)11(12,13)14/h2-4,7,10H,5-6,15H2,1H3. The molecule has 0 aliphatic carbocycles. The maximum atomic E-state index is 12.7. The number of nitrogens with two attached hydrogens (primary N) is 1. The molecule has 0 fully saturated rings. The second-order valence-corrected chi connectivity index (χ2v) is 5.36. The van der Waals surface area contributed by atoms with Crippen molar-refractivity contribution in [1.29, 1.82) is 0 Å². The van der Waals surface area contributed by atoms with Gasteiger partial charge in [0, 0.05) is 4.90 Å². The molecule has 0 aliphatic rings. The molecule has 0 saturated heterocycles. The third-order valence-electron chi connectivity index (χ3n) is 2.27. The third kappa shape index (κ3) is 3.81. The van der Waals surface area contributed by atoms with Gasteiger partial charge in [-0.3, -0.25) is 4.21 Å². The van der Waals surface area contributed by atoms with Crippen LogP contribution in [0, 0.1) is 6.92 Å². The predicted molar refractivity (Wildman–Crippen MR) is 61.1 cm³/mol. The van der Waals surface area contributed by atoms with Crippen molar-refractivity contribution in [1.82, 2.24) is 0 Å². The first kappa shape index (κ1) is 14.2. The third-order valence-corrected chi connectivity index (χ3v) is 4.01. The minimum atomic E-state index is -4.49. The average Bonchev–Trinajstić information content (AvgIpc) is 2.23. The van der Waals surface area contributed by atoms with Crippen molar-refractivity contribution < 1.29 is 17.4 Å². The van der Waals surface area contributed by atoms with E-state index in [4.69, 9.17) is 5.73 Å². The summed E-state index contributed by atoms with van der Waals surface area (Å²) in [7, 11) is -2.11. The fraction of sp³-hybridized carbons (Fsp3) is 0.455. The van der Waals surface area contributed by atoms with Gasteiger partial charge in [0.05, 0.1) is 10.8 Å². The molecule has 0 spiro atoms. The Morgan fingerprint density at radius 3 is 2.53 bits per heavy atom. The highest BCUT2D eigenvalue weighted by Gasteiger charge is 2.43. The zero-order valence-corrected chi connectivity index (χ0v) is 10.1. The molecule has 2 unspecified atom stereocenters. The van der Waals surface area contributed by atoms with Crippen molar-refractivity contribution in [2.75, 3.05) is 6.54 Å². The zero-order chi connectivity index (χ0) is 13.1. The van der Waals surface area contributed by atoms with E-state index in [2.05, 4.69) is 0 Å². The van der Waals surface area contributed by atoms with E-state index in [0.29, 0.717) is 0 Å². The van der Waals surface area contributed by atoms with Crippen LogP contribution in [0.5, 0.6) is 0 Å². The lowest BCUT2D eigenvalue weighted by Gasteiger charge is -2.19. The molecule has 96 valence electrons. The monoisotopic (exact) mass is 265 g/mol. The van der Waals surface area contributed by atoms with Crippen molar-refractivity contribution in [2.24, 2.45) is 5.73 Å². The van der Waals surface area contributed by atoms with Gasteiger partial charge in [0.2, 0.25) is 0 Å². The molecule has 2 atom stereocenters. The van der Waals surface area contributed by atoms with Gasteiger partial charge in [-0.1, -0.05) is 12.1 Å². The van der Waals surface area contributed by atoms with Crippen molar-refractivity contribution in [2.45, 2.75) is 29.7 Å². The average molecular weight is 265 g/mol. The van der Waals surface area contributed by atoms with Crippen LogP contribution in [0.2, 0.25) is 0 Å². The van der Waals surface area contributed by atoms with E-state index in [1.807, 2.05) is 0 Å². The van der Waals surface area contributed by atoms with E-state index in [9.17, 15) is 17.4 Å². The first-order valence-electron chi connectivity index (χ1n) is 5.10. The normalized spacial score (nSPS) is 15.6. The van der Waals surface area contributed by atoms with Crippen LogP contribution in [0.15, 0.2) is 29.2 Å². The number of hydrogen-bond acceptors (Lipinski definition) is 2. The van der Waals surface area contributed by atoms with Gasteiger partial charge in [0.15, 0.2) is 0 Å². The Morgan fingerprint density at radius 1 is 1.41 bits per heavy atom. The van der Waals surface area contributed by atoms with Crippen LogP contribution in [0.1, 0.15) is 12.0 Å². The SMILES string of the molecule is Cc1cccc(S(=O)C(CCN)C(F)(F)F)c1. The molecule has 0 amide bonds. The van der Waals surface area contributed by atoms with Crippen molar-refractivity contribution >= 4 is 10.8 Å². The largest absolute Gasteiger partial charge is 0.403 e. The minimum absolute atomic E-state index is 0.137. The second-order valence-electron chi connectivity index (χ2n) is 3.72. The number of alkyl halides is 3. The summed E-state index contributed by atoms with van der Waals surface area (Å²) < 4.78 is 50.0. The first-order chi connectivity index (χ1) is 7.86. The van der Waals surface area contributed by atoms with Crippen LogP contribution < -0.4 is 5.73 Å². The number of halogens is 3. The van der Waals surface area contributed by atoms with Crippen LogP contribution in [0.25, 0.3) is 0 Å². The Hall–Kier alpha value is -0.880.